The summed E-state index contributed by atoms with van der Waals surface area (Å²) in [6.45, 7) is 0.639. The fraction of sp³-hybridized carbons (Fsp3) is 0.412. The third-order valence-electron chi connectivity index (χ3n) is 4.42. The van der Waals surface area contributed by atoms with Crippen LogP contribution in [0.3, 0.4) is 0 Å². The fourth-order valence-electron chi connectivity index (χ4n) is 3.29. The molecule has 2 atom stereocenters. The molecule has 1 aliphatic heterocycles. The molecule has 1 saturated heterocycles. The second kappa shape index (κ2) is 5.82. The number of rotatable bonds is 3. The zero-order valence-corrected chi connectivity index (χ0v) is 12.7. The number of hydrogen-bond donors (Lipinski definition) is 1. The number of fused-ring (bicyclic) bond motifs is 1. The number of carbonyl (C=O) groups excluding carboxylic acids is 1. The monoisotopic (exact) mass is 296 g/mol. The minimum absolute atomic E-state index is 0.114. The van der Waals surface area contributed by atoms with Crippen molar-refractivity contribution in [1.82, 2.24) is 9.47 Å². The van der Waals surface area contributed by atoms with Crippen LogP contribution in [0.15, 0.2) is 30.5 Å². The SMILES string of the molecule is Cn1cc(C[C@H](N)C(=O)N2CCC[C@H]2C#N)c2ccccc21. The van der Waals surface area contributed by atoms with Gasteiger partial charge in [-0.15, -0.1) is 0 Å². The summed E-state index contributed by atoms with van der Waals surface area (Å²) in [4.78, 5) is 14.1. The summed E-state index contributed by atoms with van der Waals surface area (Å²) < 4.78 is 2.05. The Balaban J connectivity index is 1.80. The Morgan fingerprint density at radius 3 is 3.05 bits per heavy atom. The maximum atomic E-state index is 12.5. The number of aromatic nitrogens is 1. The molecule has 0 aliphatic carbocycles. The van der Waals surface area contributed by atoms with Gasteiger partial charge in [-0.3, -0.25) is 4.79 Å². The van der Waals surface area contributed by atoms with Crippen molar-refractivity contribution >= 4 is 16.8 Å². The number of benzene rings is 1. The predicted molar refractivity (Wildman–Crippen MR) is 84.9 cm³/mol. The average Bonchev–Trinajstić information content (AvgIpc) is 3.12. The largest absolute Gasteiger partial charge is 0.350 e. The first-order chi connectivity index (χ1) is 10.6. The van der Waals surface area contributed by atoms with E-state index in [2.05, 4.69) is 22.8 Å². The Kier molecular flexibility index (Phi) is 3.86. The zero-order chi connectivity index (χ0) is 15.7. The molecule has 5 nitrogen and oxygen atoms in total. The van der Waals surface area contributed by atoms with Crippen LogP contribution in [0.5, 0.6) is 0 Å². The molecule has 5 heteroatoms. The van der Waals surface area contributed by atoms with Gasteiger partial charge in [0, 0.05) is 30.7 Å². The molecule has 1 amide bonds. The molecule has 1 fully saturated rings. The molecule has 0 radical (unpaired) electrons. The quantitative estimate of drug-likeness (QED) is 0.934. The minimum atomic E-state index is -0.597. The van der Waals surface area contributed by atoms with Gasteiger partial charge >= 0.3 is 0 Å². The molecule has 2 N–H and O–H groups in total. The van der Waals surface area contributed by atoms with E-state index in [-0.39, 0.29) is 11.9 Å². The smallest absolute Gasteiger partial charge is 0.240 e. The third-order valence-corrected chi connectivity index (χ3v) is 4.42. The van der Waals surface area contributed by atoms with Gasteiger partial charge in [-0.2, -0.15) is 5.26 Å². The lowest BCUT2D eigenvalue weighted by molar-refractivity contribution is -0.132. The van der Waals surface area contributed by atoms with Gasteiger partial charge in [0.05, 0.1) is 12.1 Å². The van der Waals surface area contributed by atoms with E-state index in [1.165, 1.54) is 0 Å². The van der Waals surface area contributed by atoms with Gasteiger partial charge in [-0.05, 0) is 30.9 Å². The van der Waals surface area contributed by atoms with Crippen molar-refractivity contribution in [2.75, 3.05) is 6.54 Å². The highest BCUT2D eigenvalue weighted by atomic mass is 16.2. The molecule has 1 aromatic carbocycles. The molecular weight excluding hydrogens is 276 g/mol. The van der Waals surface area contributed by atoms with Gasteiger partial charge in [0.15, 0.2) is 0 Å². The van der Waals surface area contributed by atoms with Crippen LogP contribution in [0, 0.1) is 11.3 Å². The Bertz CT molecular complexity index is 743. The van der Waals surface area contributed by atoms with E-state index in [9.17, 15) is 4.79 Å². The predicted octanol–water partition coefficient (Wildman–Crippen LogP) is 1.56. The number of nitriles is 1. The standard InChI is InChI=1S/C17H20N4O/c1-20-11-12(14-6-2-3-7-16(14)20)9-15(19)17(22)21-8-4-5-13(21)10-18/h2-3,6-7,11,13,15H,4-5,8-9,19H2,1H3/t13-,15-/m0/s1. The van der Waals surface area contributed by atoms with Crippen LogP contribution >= 0.6 is 0 Å². The van der Waals surface area contributed by atoms with Crippen LogP contribution in [-0.2, 0) is 18.3 Å². The summed E-state index contributed by atoms with van der Waals surface area (Å²) in [6.07, 6.45) is 4.16. The summed E-state index contributed by atoms with van der Waals surface area (Å²) in [5, 5.41) is 10.2. The molecule has 22 heavy (non-hydrogen) atoms. The Labute approximate surface area is 129 Å². The molecule has 2 aromatic rings. The van der Waals surface area contributed by atoms with Crippen LogP contribution in [-0.4, -0.2) is 34.0 Å². The molecule has 0 bridgehead atoms. The number of amides is 1. The number of likely N-dealkylation sites (tertiary alicyclic amines) is 1. The Hall–Kier alpha value is -2.32. The fourth-order valence-corrected chi connectivity index (χ4v) is 3.29. The van der Waals surface area contributed by atoms with Crippen molar-refractivity contribution in [2.45, 2.75) is 31.3 Å². The van der Waals surface area contributed by atoms with Crippen molar-refractivity contribution in [1.29, 1.82) is 5.26 Å². The van der Waals surface area contributed by atoms with Crippen LogP contribution in [0.1, 0.15) is 18.4 Å². The Morgan fingerprint density at radius 2 is 2.27 bits per heavy atom. The summed E-state index contributed by atoms with van der Waals surface area (Å²) >= 11 is 0. The van der Waals surface area contributed by atoms with Crippen LogP contribution < -0.4 is 5.73 Å². The van der Waals surface area contributed by atoms with E-state index in [4.69, 9.17) is 11.0 Å². The zero-order valence-electron chi connectivity index (χ0n) is 12.7. The number of aryl methyl sites for hydroxylation is 1. The third kappa shape index (κ3) is 2.46. The summed E-state index contributed by atoms with van der Waals surface area (Å²) in [6, 6.07) is 9.38. The van der Waals surface area contributed by atoms with Gasteiger partial charge in [0.2, 0.25) is 5.91 Å². The molecule has 3 rings (SSSR count). The summed E-state index contributed by atoms with van der Waals surface area (Å²) in [5.41, 5.74) is 8.34. The lowest BCUT2D eigenvalue weighted by Crippen LogP contribution is -2.46. The van der Waals surface area contributed by atoms with Gasteiger partial charge in [0.1, 0.15) is 6.04 Å². The Morgan fingerprint density at radius 1 is 1.50 bits per heavy atom. The highest BCUT2D eigenvalue weighted by Gasteiger charge is 2.31. The molecule has 0 saturated carbocycles. The topological polar surface area (TPSA) is 75.0 Å². The first-order valence-electron chi connectivity index (χ1n) is 7.60. The van der Waals surface area contributed by atoms with E-state index in [0.717, 1.165) is 29.3 Å². The average molecular weight is 296 g/mol. The maximum Gasteiger partial charge on any atom is 0.240 e. The number of carbonyl (C=O) groups is 1. The van der Waals surface area contributed by atoms with Crippen LogP contribution in [0.4, 0.5) is 0 Å². The van der Waals surface area contributed by atoms with E-state index in [0.29, 0.717) is 13.0 Å². The van der Waals surface area contributed by atoms with Gasteiger partial charge in [-0.25, -0.2) is 0 Å². The van der Waals surface area contributed by atoms with E-state index in [1.807, 2.05) is 25.4 Å². The lowest BCUT2D eigenvalue weighted by atomic mass is 10.0. The second-order valence-electron chi connectivity index (χ2n) is 5.91. The highest BCUT2D eigenvalue weighted by molar-refractivity contribution is 5.87. The minimum Gasteiger partial charge on any atom is -0.350 e. The molecule has 114 valence electrons. The molecular formula is C17H20N4O. The summed E-state index contributed by atoms with van der Waals surface area (Å²) in [5.74, 6) is -0.114. The molecule has 0 spiro atoms. The number of hydrogen-bond acceptors (Lipinski definition) is 3. The van der Waals surface area contributed by atoms with Crippen molar-refractivity contribution in [3.63, 3.8) is 0 Å². The van der Waals surface area contributed by atoms with Crippen molar-refractivity contribution < 1.29 is 4.79 Å². The van der Waals surface area contributed by atoms with Gasteiger partial charge < -0.3 is 15.2 Å². The van der Waals surface area contributed by atoms with E-state index in [1.54, 1.807) is 4.90 Å². The summed E-state index contributed by atoms with van der Waals surface area (Å²) in [7, 11) is 1.99. The molecule has 1 aliphatic rings. The normalized spacial score (nSPS) is 19.3. The molecule has 1 aromatic heterocycles. The second-order valence-corrected chi connectivity index (χ2v) is 5.91. The highest BCUT2D eigenvalue weighted by Crippen LogP contribution is 2.23. The first kappa shape index (κ1) is 14.6. The molecule has 0 unspecified atom stereocenters. The molecule has 2 heterocycles. The van der Waals surface area contributed by atoms with Crippen molar-refractivity contribution in [3.05, 3.63) is 36.0 Å². The number of para-hydroxylation sites is 1. The van der Waals surface area contributed by atoms with E-state index < -0.39 is 6.04 Å². The van der Waals surface area contributed by atoms with Gasteiger partial charge in [-0.1, -0.05) is 18.2 Å². The first-order valence-corrected chi connectivity index (χ1v) is 7.60. The van der Waals surface area contributed by atoms with Gasteiger partial charge in [0.25, 0.3) is 0 Å². The van der Waals surface area contributed by atoms with Crippen LogP contribution in [0.2, 0.25) is 0 Å². The maximum absolute atomic E-state index is 12.5. The van der Waals surface area contributed by atoms with E-state index >= 15 is 0 Å². The van der Waals surface area contributed by atoms with Crippen molar-refractivity contribution in [3.8, 4) is 6.07 Å². The van der Waals surface area contributed by atoms with Crippen molar-refractivity contribution in [2.24, 2.45) is 12.8 Å². The number of nitrogens with two attached hydrogens (primary N) is 1. The lowest BCUT2D eigenvalue weighted by Gasteiger charge is -2.23. The number of nitrogens with zero attached hydrogens (tertiary/aromatic N) is 3. The van der Waals surface area contributed by atoms with Crippen LogP contribution in [0.25, 0.3) is 10.9 Å².